The Morgan fingerprint density at radius 1 is 1.56 bits per heavy atom. The number of aromatic nitrogens is 2. The van der Waals surface area contributed by atoms with Gasteiger partial charge in [0.05, 0.1) is 5.69 Å². The quantitative estimate of drug-likeness (QED) is 0.822. The van der Waals surface area contributed by atoms with Gasteiger partial charge in [-0.05, 0) is 6.07 Å². The fourth-order valence-corrected chi connectivity index (χ4v) is 2.23. The molecule has 90 valence electrons. The second-order valence-corrected chi connectivity index (χ2v) is 4.16. The zero-order valence-electron chi connectivity index (χ0n) is 9.72. The van der Waals surface area contributed by atoms with Gasteiger partial charge in [-0.3, -0.25) is 4.68 Å². The highest BCUT2D eigenvalue weighted by molar-refractivity contribution is 5.10. The summed E-state index contributed by atoms with van der Waals surface area (Å²) in [7, 11) is 3.46. The molecular formula is C11H18N2O3. The molecule has 1 aliphatic rings. The minimum Gasteiger partial charge on any atom is -0.384 e. The number of nitrogens with zero attached hydrogens (tertiary/aromatic N) is 2. The molecule has 1 unspecified atom stereocenters. The molecular weight excluding hydrogens is 208 g/mol. The number of aliphatic hydroxyl groups excluding tert-OH is 1. The predicted octanol–water partition coefficient (Wildman–Crippen LogP) is 0.649. The summed E-state index contributed by atoms with van der Waals surface area (Å²) in [5.41, 5.74) is 0.246. The molecule has 1 aromatic heterocycles. The highest BCUT2D eigenvalue weighted by atomic mass is 16.5. The van der Waals surface area contributed by atoms with E-state index in [2.05, 4.69) is 5.10 Å². The van der Waals surface area contributed by atoms with E-state index < -0.39 is 11.7 Å². The lowest BCUT2D eigenvalue weighted by Crippen LogP contribution is -2.44. The van der Waals surface area contributed by atoms with Gasteiger partial charge in [-0.2, -0.15) is 5.10 Å². The monoisotopic (exact) mass is 226 g/mol. The Balaban J connectivity index is 2.24. The summed E-state index contributed by atoms with van der Waals surface area (Å²) < 4.78 is 12.5. The van der Waals surface area contributed by atoms with Crippen molar-refractivity contribution in [2.45, 2.75) is 24.5 Å². The maximum atomic E-state index is 10.4. The minimum absolute atomic E-state index is 0.536. The molecule has 0 aliphatic carbocycles. The highest BCUT2D eigenvalue weighted by Gasteiger charge is 2.41. The van der Waals surface area contributed by atoms with Crippen LogP contribution in [0.4, 0.5) is 0 Å². The third-order valence-electron chi connectivity index (χ3n) is 3.38. The topological polar surface area (TPSA) is 56.5 Å². The van der Waals surface area contributed by atoms with E-state index in [1.165, 1.54) is 0 Å². The average molecular weight is 226 g/mol. The van der Waals surface area contributed by atoms with Crippen LogP contribution in [0.2, 0.25) is 0 Å². The van der Waals surface area contributed by atoms with Gasteiger partial charge in [0.1, 0.15) is 11.7 Å². The van der Waals surface area contributed by atoms with Gasteiger partial charge in [0, 0.05) is 46.4 Å². The molecule has 1 aromatic rings. The van der Waals surface area contributed by atoms with Crippen LogP contribution in [0, 0.1) is 0 Å². The van der Waals surface area contributed by atoms with Crippen LogP contribution in [0.15, 0.2) is 12.3 Å². The first-order valence-corrected chi connectivity index (χ1v) is 5.48. The fraction of sp³-hybridized carbons (Fsp3) is 0.727. The van der Waals surface area contributed by atoms with E-state index in [1.807, 2.05) is 13.1 Å². The number of aliphatic hydroxyl groups is 1. The number of ether oxygens (including phenoxy) is 2. The van der Waals surface area contributed by atoms with Gasteiger partial charge in [0.2, 0.25) is 0 Å². The van der Waals surface area contributed by atoms with Gasteiger partial charge in [0.15, 0.2) is 0 Å². The Labute approximate surface area is 95.0 Å². The predicted molar refractivity (Wildman–Crippen MR) is 58.0 cm³/mol. The molecule has 0 spiro atoms. The first-order chi connectivity index (χ1) is 7.69. The lowest BCUT2D eigenvalue weighted by molar-refractivity contribution is -0.156. The van der Waals surface area contributed by atoms with E-state index in [0.717, 1.165) is 5.69 Å². The Kier molecular flexibility index (Phi) is 3.28. The Bertz CT molecular complexity index is 345. The number of hydrogen-bond donors (Lipinski definition) is 1. The van der Waals surface area contributed by atoms with Crippen molar-refractivity contribution >= 4 is 0 Å². The molecule has 0 saturated carbocycles. The molecule has 0 bridgehead atoms. The van der Waals surface area contributed by atoms with Crippen molar-refractivity contribution in [1.82, 2.24) is 9.78 Å². The van der Waals surface area contributed by atoms with Crippen molar-refractivity contribution in [3.8, 4) is 0 Å². The normalized spacial score (nSPS) is 21.9. The van der Waals surface area contributed by atoms with Gasteiger partial charge in [-0.15, -0.1) is 0 Å². The molecule has 5 nitrogen and oxygen atoms in total. The highest BCUT2D eigenvalue weighted by Crippen LogP contribution is 2.36. The number of methoxy groups -OCH3 is 1. The Hall–Kier alpha value is -0.910. The van der Waals surface area contributed by atoms with Crippen LogP contribution in [-0.4, -0.2) is 40.8 Å². The molecule has 1 saturated heterocycles. The van der Waals surface area contributed by atoms with Crippen LogP contribution in [0.5, 0.6) is 0 Å². The fourth-order valence-electron chi connectivity index (χ4n) is 2.23. The zero-order chi connectivity index (χ0) is 11.6. The number of hydrogen-bond acceptors (Lipinski definition) is 4. The second-order valence-electron chi connectivity index (χ2n) is 4.16. The molecule has 1 aliphatic heterocycles. The van der Waals surface area contributed by atoms with Crippen molar-refractivity contribution in [1.29, 1.82) is 0 Å². The lowest BCUT2D eigenvalue weighted by Gasteiger charge is -2.39. The molecule has 0 aromatic carbocycles. The summed E-state index contributed by atoms with van der Waals surface area (Å²) >= 11 is 0. The van der Waals surface area contributed by atoms with Crippen molar-refractivity contribution in [3.05, 3.63) is 18.0 Å². The van der Waals surface area contributed by atoms with E-state index >= 15 is 0 Å². The largest absolute Gasteiger partial charge is 0.384 e. The SMILES string of the molecule is COC1(C(O)c2ccnn2C)CCOCC1. The molecule has 0 amide bonds. The van der Waals surface area contributed by atoms with Gasteiger partial charge in [-0.1, -0.05) is 0 Å². The minimum atomic E-state index is -0.658. The van der Waals surface area contributed by atoms with Crippen molar-refractivity contribution in [3.63, 3.8) is 0 Å². The average Bonchev–Trinajstić information content (AvgIpc) is 2.75. The van der Waals surface area contributed by atoms with E-state index in [9.17, 15) is 5.11 Å². The third-order valence-corrected chi connectivity index (χ3v) is 3.38. The van der Waals surface area contributed by atoms with E-state index in [-0.39, 0.29) is 0 Å². The third kappa shape index (κ3) is 1.86. The van der Waals surface area contributed by atoms with E-state index in [0.29, 0.717) is 26.1 Å². The van der Waals surface area contributed by atoms with E-state index in [1.54, 1.807) is 18.0 Å². The second kappa shape index (κ2) is 4.53. The Morgan fingerprint density at radius 2 is 2.25 bits per heavy atom. The molecule has 2 heterocycles. The van der Waals surface area contributed by atoms with Gasteiger partial charge in [0.25, 0.3) is 0 Å². The molecule has 0 radical (unpaired) electrons. The van der Waals surface area contributed by atoms with Gasteiger partial charge in [-0.25, -0.2) is 0 Å². The van der Waals surface area contributed by atoms with Crippen LogP contribution in [0.1, 0.15) is 24.6 Å². The van der Waals surface area contributed by atoms with Gasteiger partial charge >= 0.3 is 0 Å². The zero-order valence-corrected chi connectivity index (χ0v) is 9.72. The van der Waals surface area contributed by atoms with Crippen molar-refractivity contribution in [2.24, 2.45) is 7.05 Å². The van der Waals surface area contributed by atoms with Crippen LogP contribution >= 0.6 is 0 Å². The molecule has 1 N–H and O–H groups in total. The van der Waals surface area contributed by atoms with Crippen molar-refractivity contribution in [2.75, 3.05) is 20.3 Å². The number of aryl methyl sites for hydroxylation is 1. The van der Waals surface area contributed by atoms with Crippen molar-refractivity contribution < 1.29 is 14.6 Å². The molecule has 1 fully saturated rings. The summed E-state index contributed by atoms with van der Waals surface area (Å²) in [6.07, 6.45) is 2.43. The summed E-state index contributed by atoms with van der Waals surface area (Å²) in [6, 6.07) is 1.82. The molecule has 1 atom stereocenters. The maximum absolute atomic E-state index is 10.4. The smallest absolute Gasteiger partial charge is 0.125 e. The first kappa shape index (κ1) is 11.6. The first-order valence-electron chi connectivity index (χ1n) is 5.48. The van der Waals surface area contributed by atoms with Crippen LogP contribution in [-0.2, 0) is 16.5 Å². The van der Waals surface area contributed by atoms with Crippen LogP contribution in [0.3, 0.4) is 0 Å². The summed E-state index contributed by atoms with van der Waals surface area (Å²) in [5, 5.41) is 14.5. The number of rotatable bonds is 3. The maximum Gasteiger partial charge on any atom is 0.125 e. The van der Waals surface area contributed by atoms with Crippen LogP contribution < -0.4 is 0 Å². The van der Waals surface area contributed by atoms with E-state index in [4.69, 9.17) is 9.47 Å². The van der Waals surface area contributed by atoms with Crippen LogP contribution in [0.25, 0.3) is 0 Å². The summed E-state index contributed by atoms with van der Waals surface area (Å²) in [5.74, 6) is 0. The summed E-state index contributed by atoms with van der Waals surface area (Å²) in [6.45, 7) is 1.26. The molecule has 5 heteroatoms. The standard InChI is InChI=1S/C11H18N2O3/c1-13-9(3-6-12-13)10(14)11(15-2)4-7-16-8-5-11/h3,6,10,14H,4-5,7-8H2,1-2H3. The molecule has 16 heavy (non-hydrogen) atoms. The summed E-state index contributed by atoms with van der Waals surface area (Å²) in [4.78, 5) is 0. The lowest BCUT2D eigenvalue weighted by atomic mass is 9.86. The molecule has 2 rings (SSSR count). The Morgan fingerprint density at radius 3 is 2.75 bits per heavy atom. The van der Waals surface area contributed by atoms with Gasteiger partial charge < -0.3 is 14.6 Å².